The molecule has 2 nitrogen and oxygen atoms in total. The van der Waals surface area contributed by atoms with Crippen LogP contribution in [0.25, 0.3) is 0 Å². The number of Topliss-reactive ketones (excluding diaryl/α,β-unsaturated/α-hetero) is 1. The van der Waals surface area contributed by atoms with Crippen LogP contribution in [0.3, 0.4) is 0 Å². The lowest BCUT2D eigenvalue weighted by atomic mass is 9.74. The van der Waals surface area contributed by atoms with Gasteiger partial charge in [0.1, 0.15) is 5.78 Å². The number of hydrogen-bond donors (Lipinski definition) is 1. The molecule has 1 N–H and O–H groups in total. The van der Waals surface area contributed by atoms with E-state index in [1.807, 2.05) is 20.8 Å². The van der Waals surface area contributed by atoms with Gasteiger partial charge in [-0.25, -0.2) is 0 Å². The molecule has 1 saturated carbocycles. The van der Waals surface area contributed by atoms with Gasteiger partial charge in [-0.3, -0.25) is 4.79 Å². The molecule has 1 aliphatic rings. The summed E-state index contributed by atoms with van der Waals surface area (Å²) in [4.78, 5) is 11.5. The molecule has 13 heavy (non-hydrogen) atoms. The first-order chi connectivity index (χ1) is 5.93. The zero-order valence-corrected chi connectivity index (χ0v) is 8.84. The van der Waals surface area contributed by atoms with Crippen molar-refractivity contribution in [2.75, 3.05) is 0 Å². The number of aliphatic hydroxyl groups is 1. The molecule has 1 aliphatic carbocycles. The maximum Gasteiger partial charge on any atom is 0.138 e. The third-order valence-electron chi connectivity index (χ3n) is 2.87. The van der Waals surface area contributed by atoms with Crippen molar-refractivity contribution in [2.24, 2.45) is 11.3 Å². The fraction of sp³-hybridized carbons (Fsp3) is 0.909. The zero-order valence-electron chi connectivity index (χ0n) is 8.84. The molecule has 2 heteroatoms. The number of rotatable bonds is 1. The molecular formula is C11H20O2. The molecule has 0 heterocycles. The molecule has 1 rings (SSSR count). The van der Waals surface area contributed by atoms with Crippen molar-refractivity contribution in [3.8, 4) is 0 Å². The average molecular weight is 184 g/mol. The monoisotopic (exact) mass is 184 g/mol. The van der Waals surface area contributed by atoms with E-state index in [4.69, 9.17) is 0 Å². The van der Waals surface area contributed by atoms with Gasteiger partial charge in [0.05, 0.1) is 6.10 Å². The first-order valence-corrected chi connectivity index (χ1v) is 5.13. The van der Waals surface area contributed by atoms with Gasteiger partial charge in [-0.05, 0) is 18.3 Å². The van der Waals surface area contributed by atoms with E-state index >= 15 is 0 Å². The Labute approximate surface area is 80.3 Å². The van der Waals surface area contributed by atoms with Crippen molar-refractivity contribution in [1.29, 1.82) is 0 Å². The van der Waals surface area contributed by atoms with Crippen molar-refractivity contribution in [3.63, 3.8) is 0 Å². The summed E-state index contributed by atoms with van der Waals surface area (Å²) in [5, 5.41) is 9.96. The number of aliphatic hydroxyl groups excluding tert-OH is 1. The van der Waals surface area contributed by atoms with Gasteiger partial charge < -0.3 is 5.11 Å². The van der Waals surface area contributed by atoms with Crippen molar-refractivity contribution in [3.05, 3.63) is 0 Å². The minimum absolute atomic E-state index is 0.103. The smallest absolute Gasteiger partial charge is 0.138 e. The Kier molecular flexibility index (Phi) is 3.12. The van der Waals surface area contributed by atoms with Crippen molar-refractivity contribution >= 4 is 5.78 Å². The Hall–Kier alpha value is -0.370. The van der Waals surface area contributed by atoms with Crippen LogP contribution in [0.2, 0.25) is 0 Å². The van der Waals surface area contributed by atoms with Crippen LogP contribution >= 0.6 is 0 Å². The summed E-state index contributed by atoms with van der Waals surface area (Å²) in [6, 6.07) is 0. The van der Waals surface area contributed by atoms with Gasteiger partial charge in [0.2, 0.25) is 0 Å². The molecule has 0 saturated heterocycles. The molecule has 0 aromatic heterocycles. The Morgan fingerprint density at radius 3 is 2.46 bits per heavy atom. The predicted molar refractivity (Wildman–Crippen MR) is 52.4 cm³/mol. The van der Waals surface area contributed by atoms with Crippen molar-refractivity contribution in [1.82, 2.24) is 0 Å². The van der Waals surface area contributed by atoms with E-state index in [9.17, 15) is 9.90 Å². The second-order valence-electron chi connectivity index (χ2n) is 5.13. The standard InChI is InChI=1S/C11H20O2/c1-11(2,3)10(13)8-6-4-5-7-9(8)12/h8,10,13H,4-7H2,1-3H3/t8-,10-/m1/s1. The fourth-order valence-corrected chi connectivity index (χ4v) is 1.95. The van der Waals surface area contributed by atoms with Gasteiger partial charge in [0.15, 0.2) is 0 Å². The van der Waals surface area contributed by atoms with Crippen LogP contribution in [0.4, 0.5) is 0 Å². The molecule has 1 fully saturated rings. The van der Waals surface area contributed by atoms with Crippen molar-refractivity contribution < 1.29 is 9.90 Å². The molecule has 0 aliphatic heterocycles. The molecule has 0 aromatic carbocycles. The van der Waals surface area contributed by atoms with Crippen molar-refractivity contribution in [2.45, 2.75) is 52.6 Å². The summed E-state index contributed by atoms with van der Waals surface area (Å²) >= 11 is 0. The van der Waals surface area contributed by atoms with Crippen LogP contribution in [0.15, 0.2) is 0 Å². The normalized spacial score (nSPS) is 27.4. The maximum absolute atomic E-state index is 11.5. The average Bonchev–Trinajstić information content (AvgIpc) is 2.02. The van der Waals surface area contributed by atoms with Crippen LogP contribution in [-0.4, -0.2) is 17.0 Å². The topological polar surface area (TPSA) is 37.3 Å². The second kappa shape index (κ2) is 3.79. The molecule has 0 bridgehead atoms. The molecule has 0 radical (unpaired) electrons. The first-order valence-electron chi connectivity index (χ1n) is 5.13. The summed E-state index contributed by atoms with van der Waals surface area (Å²) < 4.78 is 0. The predicted octanol–water partition coefficient (Wildman–Crippen LogP) is 2.15. The Bertz CT molecular complexity index is 191. The summed E-state index contributed by atoms with van der Waals surface area (Å²) in [5.41, 5.74) is -0.169. The second-order valence-corrected chi connectivity index (χ2v) is 5.13. The third-order valence-corrected chi connectivity index (χ3v) is 2.87. The number of hydrogen-bond acceptors (Lipinski definition) is 2. The lowest BCUT2D eigenvalue weighted by molar-refractivity contribution is -0.131. The van der Waals surface area contributed by atoms with Gasteiger partial charge in [-0.15, -0.1) is 0 Å². The number of carbonyl (C=O) groups excluding carboxylic acids is 1. The summed E-state index contributed by atoms with van der Waals surface area (Å²) in [6.45, 7) is 5.96. The molecular weight excluding hydrogens is 164 g/mol. The highest BCUT2D eigenvalue weighted by Crippen LogP contribution is 2.32. The van der Waals surface area contributed by atoms with E-state index in [1.54, 1.807) is 0 Å². The van der Waals surface area contributed by atoms with Gasteiger partial charge in [-0.1, -0.05) is 27.2 Å². The minimum atomic E-state index is -0.472. The van der Waals surface area contributed by atoms with E-state index in [0.29, 0.717) is 6.42 Å². The van der Waals surface area contributed by atoms with Crippen LogP contribution < -0.4 is 0 Å². The Morgan fingerprint density at radius 2 is 2.00 bits per heavy atom. The minimum Gasteiger partial charge on any atom is -0.392 e. The van der Waals surface area contributed by atoms with E-state index in [-0.39, 0.29) is 17.1 Å². The lowest BCUT2D eigenvalue weighted by Crippen LogP contribution is -2.39. The quantitative estimate of drug-likeness (QED) is 0.678. The summed E-state index contributed by atoms with van der Waals surface area (Å²) in [6.07, 6.45) is 3.16. The summed E-state index contributed by atoms with van der Waals surface area (Å²) in [7, 11) is 0. The highest BCUT2D eigenvalue weighted by Gasteiger charge is 2.35. The molecule has 2 atom stereocenters. The molecule has 0 unspecified atom stereocenters. The van der Waals surface area contributed by atoms with Crippen LogP contribution in [0.1, 0.15) is 46.5 Å². The lowest BCUT2D eigenvalue weighted by Gasteiger charge is -2.34. The highest BCUT2D eigenvalue weighted by atomic mass is 16.3. The van der Waals surface area contributed by atoms with E-state index in [1.165, 1.54) is 0 Å². The molecule has 0 amide bonds. The largest absolute Gasteiger partial charge is 0.392 e. The van der Waals surface area contributed by atoms with Crippen LogP contribution in [0, 0.1) is 11.3 Å². The molecule has 76 valence electrons. The van der Waals surface area contributed by atoms with Gasteiger partial charge >= 0.3 is 0 Å². The van der Waals surface area contributed by atoms with Gasteiger partial charge in [0.25, 0.3) is 0 Å². The van der Waals surface area contributed by atoms with Gasteiger partial charge in [0, 0.05) is 12.3 Å². The van der Waals surface area contributed by atoms with Crippen LogP contribution in [0.5, 0.6) is 0 Å². The first kappa shape index (κ1) is 10.7. The zero-order chi connectivity index (χ0) is 10.1. The maximum atomic E-state index is 11.5. The summed E-state index contributed by atoms with van der Waals surface area (Å²) in [5.74, 6) is 0.155. The van der Waals surface area contributed by atoms with E-state index in [0.717, 1.165) is 19.3 Å². The number of ketones is 1. The number of carbonyl (C=O) groups is 1. The Balaban J connectivity index is 2.64. The van der Waals surface area contributed by atoms with Gasteiger partial charge in [-0.2, -0.15) is 0 Å². The molecule has 0 aromatic rings. The molecule has 0 spiro atoms. The van der Waals surface area contributed by atoms with Crippen LogP contribution in [-0.2, 0) is 4.79 Å². The fourth-order valence-electron chi connectivity index (χ4n) is 1.95. The SMILES string of the molecule is CC(C)(C)[C@H](O)[C@@H]1CCCCC1=O. The van der Waals surface area contributed by atoms with E-state index in [2.05, 4.69) is 0 Å². The highest BCUT2D eigenvalue weighted by molar-refractivity contribution is 5.82. The Morgan fingerprint density at radius 1 is 1.38 bits per heavy atom. The van der Waals surface area contributed by atoms with E-state index < -0.39 is 6.10 Å². The third kappa shape index (κ3) is 2.53.